The van der Waals surface area contributed by atoms with Crippen LogP contribution >= 0.6 is 7.26 Å². The quantitative estimate of drug-likeness (QED) is 0.515. The van der Waals surface area contributed by atoms with E-state index in [2.05, 4.69) is 91.0 Å². The second kappa shape index (κ2) is 8.24. The largest absolute Gasteiger partial charge is 0.396 e. The average molecular weight is 335 g/mol. The molecule has 122 valence electrons. The second-order valence-corrected chi connectivity index (χ2v) is 9.59. The molecule has 0 spiro atoms. The number of aliphatic hydroxyl groups is 1. The number of hydrogen-bond acceptors (Lipinski definition) is 1. The smallest absolute Gasteiger partial charge is 0.112 e. The zero-order valence-electron chi connectivity index (χ0n) is 13.9. The van der Waals surface area contributed by atoms with Crippen molar-refractivity contribution in [3.05, 3.63) is 91.0 Å². The van der Waals surface area contributed by atoms with Crippen molar-refractivity contribution < 1.29 is 5.11 Å². The Morgan fingerprint density at radius 3 is 1.25 bits per heavy atom. The fourth-order valence-electron chi connectivity index (χ4n) is 3.34. The highest BCUT2D eigenvalue weighted by Gasteiger charge is 2.44. The molecule has 0 bridgehead atoms. The molecule has 0 aliphatic heterocycles. The summed E-state index contributed by atoms with van der Waals surface area (Å²) in [6, 6.07) is 32.7. The van der Waals surface area contributed by atoms with Gasteiger partial charge in [0.05, 0.1) is 6.16 Å². The lowest BCUT2D eigenvalue weighted by atomic mass is 10.3. The number of aliphatic hydroxyl groups excluding tert-OH is 1. The van der Waals surface area contributed by atoms with Crippen LogP contribution in [0, 0.1) is 0 Å². The Kier molecular flexibility index (Phi) is 5.80. The highest BCUT2D eigenvalue weighted by atomic mass is 31.2. The SMILES string of the molecule is OCCCC[P+](c1ccccc1)(c1ccccc1)c1ccccc1. The van der Waals surface area contributed by atoms with Gasteiger partial charge >= 0.3 is 0 Å². The minimum atomic E-state index is -1.69. The first kappa shape index (κ1) is 16.9. The summed E-state index contributed by atoms with van der Waals surface area (Å²) < 4.78 is 0. The van der Waals surface area contributed by atoms with Crippen molar-refractivity contribution in [1.29, 1.82) is 0 Å². The zero-order valence-corrected chi connectivity index (χ0v) is 14.8. The maximum Gasteiger partial charge on any atom is 0.112 e. The predicted octanol–water partition coefficient (Wildman–Crippen LogP) is 3.75. The van der Waals surface area contributed by atoms with Crippen LogP contribution in [-0.2, 0) is 0 Å². The molecule has 3 aromatic carbocycles. The Morgan fingerprint density at radius 1 is 0.542 bits per heavy atom. The molecule has 0 aliphatic rings. The fourth-order valence-corrected chi connectivity index (χ4v) is 7.75. The van der Waals surface area contributed by atoms with Crippen LogP contribution in [0.4, 0.5) is 0 Å². The van der Waals surface area contributed by atoms with Crippen LogP contribution in [0.25, 0.3) is 0 Å². The van der Waals surface area contributed by atoms with E-state index in [1.807, 2.05) is 0 Å². The van der Waals surface area contributed by atoms with Gasteiger partial charge in [0.15, 0.2) is 0 Å². The van der Waals surface area contributed by atoms with Crippen molar-refractivity contribution in [3.8, 4) is 0 Å². The third-order valence-electron chi connectivity index (χ3n) is 4.49. The van der Waals surface area contributed by atoms with E-state index in [0.29, 0.717) is 0 Å². The number of rotatable bonds is 7. The predicted molar refractivity (Wildman–Crippen MR) is 106 cm³/mol. The van der Waals surface area contributed by atoms with Crippen LogP contribution in [-0.4, -0.2) is 17.9 Å². The number of unbranched alkanes of at least 4 members (excludes halogenated alkanes) is 1. The van der Waals surface area contributed by atoms with E-state index in [1.165, 1.54) is 15.9 Å². The molecule has 0 radical (unpaired) electrons. The summed E-state index contributed by atoms with van der Waals surface area (Å²) in [6.07, 6.45) is 2.98. The number of benzene rings is 3. The lowest BCUT2D eigenvalue weighted by Gasteiger charge is -2.27. The molecule has 0 unspecified atom stereocenters. The highest BCUT2D eigenvalue weighted by Crippen LogP contribution is 2.55. The third-order valence-corrected chi connectivity index (χ3v) is 9.02. The van der Waals surface area contributed by atoms with Crippen molar-refractivity contribution in [3.63, 3.8) is 0 Å². The van der Waals surface area contributed by atoms with Gasteiger partial charge in [-0.25, -0.2) is 0 Å². The van der Waals surface area contributed by atoms with Gasteiger partial charge < -0.3 is 5.11 Å². The van der Waals surface area contributed by atoms with Crippen LogP contribution in [0.3, 0.4) is 0 Å². The van der Waals surface area contributed by atoms with Crippen LogP contribution in [0.5, 0.6) is 0 Å². The van der Waals surface area contributed by atoms with Crippen molar-refractivity contribution in [2.75, 3.05) is 12.8 Å². The Bertz CT molecular complexity index is 629. The number of hydrogen-bond donors (Lipinski definition) is 1. The van der Waals surface area contributed by atoms with Gasteiger partial charge in [0.2, 0.25) is 0 Å². The molecule has 0 saturated carbocycles. The summed E-state index contributed by atoms with van der Waals surface area (Å²) in [5.41, 5.74) is 0. The maximum absolute atomic E-state index is 9.29. The monoisotopic (exact) mass is 335 g/mol. The summed E-state index contributed by atoms with van der Waals surface area (Å²) in [4.78, 5) is 0. The normalized spacial score (nSPS) is 11.4. The summed E-state index contributed by atoms with van der Waals surface area (Å²) in [5.74, 6) is 0. The molecule has 0 amide bonds. The van der Waals surface area contributed by atoms with Gasteiger partial charge in [-0.2, -0.15) is 0 Å². The van der Waals surface area contributed by atoms with E-state index in [0.717, 1.165) is 19.0 Å². The summed E-state index contributed by atoms with van der Waals surface area (Å²) in [5, 5.41) is 13.5. The van der Waals surface area contributed by atoms with E-state index in [1.54, 1.807) is 0 Å². The zero-order chi connectivity index (χ0) is 16.7. The summed E-state index contributed by atoms with van der Waals surface area (Å²) in [6.45, 7) is 0.262. The molecule has 0 aromatic heterocycles. The second-order valence-electron chi connectivity index (χ2n) is 5.97. The van der Waals surface area contributed by atoms with E-state index in [-0.39, 0.29) is 6.61 Å². The van der Waals surface area contributed by atoms with Gasteiger partial charge in [-0.15, -0.1) is 0 Å². The topological polar surface area (TPSA) is 20.2 Å². The molecule has 1 N–H and O–H groups in total. The lowest BCUT2D eigenvalue weighted by Crippen LogP contribution is -2.33. The summed E-state index contributed by atoms with van der Waals surface area (Å²) in [7, 11) is -1.69. The lowest BCUT2D eigenvalue weighted by molar-refractivity contribution is 0.287. The van der Waals surface area contributed by atoms with Gasteiger partial charge in [0.1, 0.15) is 23.2 Å². The van der Waals surface area contributed by atoms with Gasteiger partial charge in [-0.05, 0) is 49.2 Å². The molecule has 24 heavy (non-hydrogen) atoms. The van der Waals surface area contributed by atoms with Crippen molar-refractivity contribution >= 4 is 23.2 Å². The summed E-state index contributed by atoms with van der Waals surface area (Å²) >= 11 is 0. The van der Waals surface area contributed by atoms with Crippen LogP contribution in [0.15, 0.2) is 91.0 Å². The van der Waals surface area contributed by atoms with Crippen LogP contribution in [0.1, 0.15) is 12.8 Å². The molecular weight excluding hydrogens is 311 g/mol. The van der Waals surface area contributed by atoms with Gasteiger partial charge in [-0.3, -0.25) is 0 Å². The molecule has 0 fully saturated rings. The first-order valence-electron chi connectivity index (χ1n) is 8.54. The van der Waals surface area contributed by atoms with Gasteiger partial charge in [0, 0.05) is 6.61 Å². The average Bonchev–Trinajstić information content (AvgIpc) is 2.68. The molecule has 0 atom stereocenters. The molecule has 0 heterocycles. The van der Waals surface area contributed by atoms with E-state index in [4.69, 9.17) is 0 Å². The van der Waals surface area contributed by atoms with Gasteiger partial charge in [-0.1, -0.05) is 54.6 Å². The van der Waals surface area contributed by atoms with E-state index in [9.17, 15) is 5.11 Å². The molecule has 3 rings (SSSR count). The molecule has 1 nitrogen and oxygen atoms in total. The standard InChI is InChI=1S/C22H24OP/c23-18-10-11-19-24(20-12-4-1-5-13-20,21-14-6-2-7-15-21)22-16-8-3-9-17-22/h1-9,12-17,23H,10-11,18-19H2/q+1. The molecule has 0 aliphatic carbocycles. The maximum atomic E-state index is 9.29. The third kappa shape index (κ3) is 3.43. The molecular formula is C22H24OP+. The van der Waals surface area contributed by atoms with Crippen LogP contribution in [0.2, 0.25) is 0 Å². The molecule has 2 heteroatoms. The van der Waals surface area contributed by atoms with E-state index >= 15 is 0 Å². The fraction of sp³-hybridized carbons (Fsp3) is 0.182. The molecule has 3 aromatic rings. The van der Waals surface area contributed by atoms with Gasteiger partial charge in [0.25, 0.3) is 0 Å². The minimum Gasteiger partial charge on any atom is -0.396 e. The Morgan fingerprint density at radius 2 is 0.917 bits per heavy atom. The Balaban J connectivity index is 2.20. The highest BCUT2D eigenvalue weighted by molar-refractivity contribution is 7.95. The molecule has 0 saturated heterocycles. The van der Waals surface area contributed by atoms with E-state index < -0.39 is 7.26 Å². The van der Waals surface area contributed by atoms with Crippen molar-refractivity contribution in [1.82, 2.24) is 0 Å². The van der Waals surface area contributed by atoms with Crippen molar-refractivity contribution in [2.45, 2.75) is 12.8 Å². The minimum absolute atomic E-state index is 0.262. The Hall–Kier alpha value is -1.95. The van der Waals surface area contributed by atoms with Crippen molar-refractivity contribution in [2.24, 2.45) is 0 Å². The first-order chi connectivity index (χ1) is 11.9. The Labute approximate surface area is 145 Å². The first-order valence-corrected chi connectivity index (χ1v) is 10.5. The van der Waals surface area contributed by atoms with Crippen LogP contribution < -0.4 is 15.9 Å².